The molecule has 0 saturated carbocycles. The van der Waals surface area contributed by atoms with Crippen molar-refractivity contribution in [2.45, 2.75) is 49.7 Å². The summed E-state index contributed by atoms with van der Waals surface area (Å²) in [5.41, 5.74) is 10.8. The lowest BCUT2D eigenvalue weighted by Crippen LogP contribution is -2.33. The van der Waals surface area contributed by atoms with Crippen LogP contribution in [0.2, 0.25) is 0 Å². The van der Waals surface area contributed by atoms with E-state index >= 15 is 0 Å². The molecule has 3 aromatic heterocycles. The number of hydrogen-bond acceptors (Lipinski definition) is 13. The van der Waals surface area contributed by atoms with E-state index in [2.05, 4.69) is 25.0 Å². The summed E-state index contributed by atoms with van der Waals surface area (Å²) in [5, 5.41) is 40.8. The Morgan fingerprint density at radius 2 is 1.91 bits per heavy atom. The quantitative estimate of drug-likeness (QED) is 0.180. The van der Waals surface area contributed by atoms with Crippen molar-refractivity contribution in [2.24, 2.45) is 5.73 Å². The summed E-state index contributed by atoms with van der Waals surface area (Å²) in [5.74, 6) is -0.982. The molecule has 1 amide bonds. The fourth-order valence-electron chi connectivity index (χ4n) is 3.79. The smallest absolute Gasteiger partial charge is 0.288 e. The Bertz CT molecular complexity index is 1240. The first-order valence-electron chi connectivity index (χ1n) is 10.6. The number of nitrogens with zero attached hydrogens (tertiary/aromatic N) is 6. The summed E-state index contributed by atoms with van der Waals surface area (Å²) in [6.45, 7) is -0.453. The number of primary amides is 1. The van der Waals surface area contributed by atoms with Crippen LogP contribution in [-0.4, -0.2) is 98.2 Å². The second-order valence-electron chi connectivity index (χ2n) is 7.89. The van der Waals surface area contributed by atoms with Crippen LogP contribution in [0.5, 0.6) is 0 Å². The standard InChI is InChI=1S/C10H13N5O3.C8H12N4O5/c11-10-13-8-7(9(17)14-10)12-4-15(8)6-2-1-5(3-16)18-6;9-6(16)7-10-2-12(11-7)8-5(15)4(14)3(1-13)17-8/h4-6,16H,1-3H2,(H3,11,13,14,17);2-5,8,13-15H,1H2,(H2,9,16)/t5-,6+;3-,4-,5-,8-/m01/s1. The van der Waals surface area contributed by atoms with E-state index in [0.717, 1.165) is 23.9 Å². The average molecular weight is 495 g/mol. The van der Waals surface area contributed by atoms with Crippen LogP contribution in [0.15, 0.2) is 17.4 Å². The number of fused-ring (bicyclic) bond motifs is 1. The average Bonchev–Trinajstić information content (AvgIpc) is 3.61. The summed E-state index contributed by atoms with van der Waals surface area (Å²) in [4.78, 5) is 36.5. The lowest BCUT2D eigenvalue weighted by molar-refractivity contribution is -0.0588. The van der Waals surface area contributed by atoms with Crippen LogP contribution in [-0.2, 0) is 9.47 Å². The minimum atomic E-state index is -1.27. The maximum absolute atomic E-state index is 11.6. The Morgan fingerprint density at radius 3 is 2.51 bits per heavy atom. The largest absolute Gasteiger partial charge is 0.394 e. The first-order chi connectivity index (χ1) is 16.7. The number of imidazole rings is 1. The Kier molecular flexibility index (Phi) is 7.05. The Hall–Kier alpha value is -3.48. The van der Waals surface area contributed by atoms with E-state index in [4.69, 9.17) is 31.2 Å². The van der Waals surface area contributed by atoms with E-state index in [1.807, 2.05) is 0 Å². The van der Waals surface area contributed by atoms with E-state index in [0.29, 0.717) is 5.65 Å². The van der Waals surface area contributed by atoms with E-state index in [-0.39, 0.29) is 41.8 Å². The van der Waals surface area contributed by atoms with Gasteiger partial charge in [-0.15, -0.1) is 5.10 Å². The molecular weight excluding hydrogens is 470 g/mol. The maximum Gasteiger partial charge on any atom is 0.288 e. The molecule has 35 heavy (non-hydrogen) atoms. The molecule has 0 aliphatic carbocycles. The van der Waals surface area contributed by atoms with Crippen molar-refractivity contribution in [2.75, 3.05) is 18.9 Å². The third-order valence-corrected chi connectivity index (χ3v) is 5.56. The molecule has 3 aromatic rings. The molecule has 0 unspecified atom stereocenters. The van der Waals surface area contributed by atoms with E-state index in [9.17, 15) is 19.8 Å². The van der Waals surface area contributed by atoms with Crippen LogP contribution in [0.3, 0.4) is 0 Å². The highest BCUT2D eigenvalue weighted by atomic mass is 16.6. The number of nitrogen functional groups attached to an aromatic ring is 1. The monoisotopic (exact) mass is 495 g/mol. The minimum absolute atomic E-state index is 0.0146. The third-order valence-electron chi connectivity index (χ3n) is 5.56. The van der Waals surface area contributed by atoms with Crippen LogP contribution >= 0.6 is 0 Å². The van der Waals surface area contributed by atoms with Gasteiger partial charge in [-0.25, -0.2) is 14.6 Å². The number of carbonyl (C=O) groups excluding carboxylic acids is 1. The van der Waals surface area contributed by atoms with Crippen molar-refractivity contribution in [1.82, 2.24) is 34.3 Å². The molecule has 2 fully saturated rings. The number of carbonyl (C=O) groups is 1. The minimum Gasteiger partial charge on any atom is -0.394 e. The molecule has 0 spiro atoms. The summed E-state index contributed by atoms with van der Waals surface area (Å²) in [6, 6.07) is 0. The van der Waals surface area contributed by atoms with Gasteiger partial charge in [-0.1, -0.05) is 0 Å². The number of H-pyrrole nitrogens is 1. The van der Waals surface area contributed by atoms with Gasteiger partial charge in [0.1, 0.15) is 30.9 Å². The summed E-state index contributed by atoms with van der Waals surface area (Å²) in [7, 11) is 0. The number of ether oxygens (including phenoxy) is 2. The van der Waals surface area contributed by atoms with Gasteiger partial charge in [-0.2, -0.15) is 4.98 Å². The highest BCUT2D eigenvalue weighted by Gasteiger charge is 2.44. The first kappa shape index (κ1) is 24.6. The van der Waals surface area contributed by atoms with Gasteiger partial charge in [0.2, 0.25) is 11.8 Å². The van der Waals surface area contributed by atoms with Crippen LogP contribution in [0.4, 0.5) is 5.95 Å². The predicted molar refractivity (Wildman–Crippen MR) is 114 cm³/mol. The summed E-state index contributed by atoms with van der Waals surface area (Å²) in [6.07, 6.45) is -0.686. The van der Waals surface area contributed by atoms with Gasteiger partial charge in [0.25, 0.3) is 11.5 Å². The highest BCUT2D eigenvalue weighted by Crippen LogP contribution is 2.30. The van der Waals surface area contributed by atoms with Crippen LogP contribution in [0.1, 0.15) is 35.9 Å². The molecule has 17 nitrogen and oxygen atoms in total. The predicted octanol–water partition coefficient (Wildman–Crippen LogP) is -3.64. The Labute approximate surface area is 195 Å². The number of amides is 1. The van der Waals surface area contributed by atoms with Gasteiger partial charge in [0, 0.05) is 0 Å². The number of aromatic nitrogens is 7. The van der Waals surface area contributed by atoms with Crippen LogP contribution in [0.25, 0.3) is 11.2 Å². The molecule has 0 aromatic carbocycles. The zero-order valence-electron chi connectivity index (χ0n) is 18.2. The van der Waals surface area contributed by atoms with Gasteiger partial charge >= 0.3 is 0 Å². The Morgan fingerprint density at radius 1 is 1.14 bits per heavy atom. The lowest BCUT2D eigenvalue weighted by Gasteiger charge is -2.13. The van der Waals surface area contributed by atoms with Crippen molar-refractivity contribution >= 4 is 23.0 Å². The second-order valence-corrected chi connectivity index (χ2v) is 7.89. The number of nitrogens with two attached hydrogens (primary N) is 2. The van der Waals surface area contributed by atoms with E-state index in [1.165, 1.54) is 6.33 Å². The summed E-state index contributed by atoms with van der Waals surface area (Å²) >= 11 is 0. The molecule has 5 heterocycles. The van der Waals surface area contributed by atoms with Gasteiger partial charge in [0.05, 0.1) is 25.6 Å². The van der Waals surface area contributed by atoms with Crippen molar-refractivity contribution < 1.29 is 34.7 Å². The summed E-state index contributed by atoms with van der Waals surface area (Å²) < 4.78 is 13.5. The van der Waals surface area contributed by atoms with Gasteiger partial charge < -0.3 is 41.4 Å². The molecule has 9 N–H and O–H groups in total. The number of anilines is 1. The van der Waals surface area contributed by atoms with Gasteiger partial charge in [0.15, 0.2) is 17.4 Å². The highest BCUT2D eigenvalue weighted by molar-refractivity contribution is 5.88. The molecule has 190 valence electrons. The van der Waals surface area contributed by atoms with Crippen LogP contribution < -0.4 is 17.0 Å². The molecule has 0 bridgehead atoms. The van der Waals surface area contributed by atoms with Crippen molar-refractivity contribution in [3.05, 3.63) is 28.8 Å². The first-order valence-corrected chi connectivity index (χ1v) is 10.6. The number of nitrogens with one attached hydrogen (secondary N) is 1. The van der Waals surface area contributed by atoms with Crippen molar-refractivity contribution in [3.8, 4) is 0 Å². The number of rotatable bonds is 5. The zero-order valence-corrected chi connectivity index (χ0v) is 18.2. The fraction of sp³-hybridized carbons (Fsp3) is 0.556. The van der Waals surface area contributed by atoms with Crippen molar-refractivity contribution in [3.63, 3.8) is 0 Å². The van der Waals surface area contributed by atoms with Gasteiger partial charge in [-0.3, -0.25) is 19.1 Å². The SMILES string of the molecule is NC(=O)c1ncn([C@@H]2O[C@H](CO)[C@@H](O)[C@H]2O)n1.Nc1nc2c(ncn2[C@H]2CC[C@@H](CO)O2)c(=O)[nH]1. The van der Waals surface area contributed by atoms with Gasteiger partial charge in [-0.05, 0) is 12.8 Å². The second kappa shape index (κ2) is 10.0. The van der Waals surface area contributed by atoms with E-state index in [1.54, 1.807) is 4.57 Å². The molecule has 2 aliphatic rings. The van der Waals surface area contributed by atoms with E-state index < -0.39 is 37.1 Å². The van der Waals surface area contributed by atoms with Crippen LogP contribution in [0, 0.1) is 0 Å². The molecule has 2 saturated heterocycles. The molecular formula is C18H25N9O8. The normalized spacial score (nSPS) is 28.2. The number of hydrogen-bond donors (Lipinski definition) is 7. The number of aromatic amines is 1. The topological polar surface area (TPSA) is 263 Å². The molecule has 17 heteroatoms. The van der Waals surface area contributed by atoms with Crippen molar-refractivity contribution in [1.29, 1.82) is 0 Å². The number of aliphatic hydroxyl groups is 4. The maximum atomic E-state index is 11.6. The molecule has 0 radical (unpaired) electrons. The molecule has 6 atom stereocenters. The zero-order chi connectivity index (χ0) is 25.3. The number of aliphatic hydroxyl groups excluding tert-OH is 4. The third kappa shape index (κ3) is 4.85. The fourth-order valence-corrected chi connectivity index (χ4v) is 3.79. The Balaban J connectivity index is 0.000000165. The molecule has 5 rings (SSSR count). The molecule has 2 aliphatic heterocycles. The lowest BCUT2D eigenvalue weighted by atomic mass is 10.1.